The Hall–Kier alpha value is -2.29. The highest BCUT2D eigenvalue weighted by atomic mass is 16.5. The smallest absolute Gasteiger partial charge is 0.345 e. The largest absolute Gasteiger partial charge is 0.478 e. The average molecular weight is 312 g/mol. The van der Waals surface area contributed by atoms with Gasteiger partial charge < -0.3 is 9.84 Å². The molecule has 0 amide bonds. The minimum Gasteiger partial charge on any atom is -0.478 e. The van der Waals surface area contributed by atoms with Crippen molar-refractivity contribution in [3.8, 4) is 5.75 Å². The zero-order valence-corrected chi connectivity index (χ0v) is 14.1. The summed E-state index contributed by atoms with van der Waals surface area (Å²) in [7, 11) is 0. The van der Waals surface area contributed by atoms with E-state index < -0.39 is 12.1 Å². The van der Waals surface area contributed by atoms with Gasteiger partial charge in [0.25, 0.3) is 0 Å². The van der Waals surface area contributed by atoms with Gasteiger partial charge in [-0.1, -0.05) is 70.2 Å². The van der Waals surface area contributed by atoms with E-state index in [9.17, 15) is 9.90 Å². The molecule has 0 aliphatic heterocycles. The lowest BCUT2D eigenvalue weighted by Gasteiger charge is -2.26. The van der Waals surface area contributed by atoms with Crippen molar-refractivity contribution in [3.63, 3.8) is 0 Å². The van der Waals surface area contributed by atoms with E-state index in [1.807, 2.05) is 56.3 Å². The van der Waals surface area contributed by atoms with Gasteiger partial charge in [-0.25, -0.2) is 4.79 Å². The number of carboxylic acids is 1. The molecule has 3 heteroatoms. The normalized spacial score (nSPS) is 12.9. The Kier molecular flexibility index (Phi) is 5.09. The van der Waals surface area contributed by atoms with Gasteiger partial charge in [0.05, 0.1) is 0 Å². The highest BCUT2D eigenvalue weighted by Crippen LogP contribution is 2.32. The summed E-state index contributed by atoms with van der Waals surface area (Å²) < 4.78 is 5.61. The van der Waals surface area contributed by atoms with Gasteiger partial charge in [-0.15, -0.1) is 0 Å². The number of ether oxygens (including phenoxy) is 1. The van der Waals surface area contributed by atoms with Crippen molar-refractivity contribution in [2.45, 2.75) is 39.2 Å². The van der Waals surface area contributed by atoms with Gasteiger partial charge >= 0.3 is 5.97 Å². The van der Waals surface area contributed by atoms with Crippen LogP contribution >= 0.6 is 0 Å². The Morgan fingerprint density at radius 1 is 0.957 bits per heavy atom. The monoisotopic (exact) mass is 312 g/mol. The van der Waals surface area contributed by atoms with Gasteiger partial charge in [0.1, 0.15) is 5.75 Å². The quantitative estimate of drug-likeness (QED) is 0.854. The van der Waals surface area contributed by atoms with Crippen LogP contribution in [0.4, 0.5) is 0 Å². The summed E-state index contributed by atoms with van der Waals surface area (Å²) in [6, 6.07) is 18.0. The van der Waals surface area contributed by atoms with E-state index in [4.69, 9.17) is 4.74 Å². The van der Waals surface area contributed by atoms with Crippen LogP contribution in [0, 0.1) is 5.92 Å². The second-order valence-corrected chi connectivity index (χ2v) is 6.64. The molecule has 0 spiro atoms. The van der Waals surface area contributed by atoms with E-state index in [1.54, 1.807) is 0 Å². The topological polar surface area (TPSA) is 46.5 Å². The molecule has 2 aromatic carbocycles. The van der Waals surface area contributed by atoms with Crippen LogP contribution in [-0.4, -0.2) is 17.2 Å². The van der Waals surface area contributed by atoms with E-state index >= 15 is 0 Å². The molecule has 0 radical (unpaired) electrons. The summed E-state index contributed by atoms with van der Waals surface area (Å²) in [5.41, 5.74) is 2.27. The molecule has 2 aromatic rings. The van der Waals surface area contributed by atoms with Crippen LogP contribution < -0.4 is 4.74 Å². The van der Waals surface area contributed by atoms with E-state index in [2.05, 4.69) is 26.0 Å². The van der Waals surface area contributed by atoms with E-state index in [0.29, 0.717) is 5.75 Å². The lowest BCUT2D eigenvalue weighted by Crippen LogP contribution is -2.32. The van der Waals surface area contributed by atoms with Gasteiger partial charge in [-0.3, -0.25) is 0 Å². The maximum absolute atomic E-state index is 11.2. The molecule has 0 heterocycles. The summed E-state index contributed by atoms with van der Waals surface area (Å²) in [4.78, 5) is 11.2. The van der Waals surface area contributed by atoms with Crippen molar-refractivity contribution >= 4 is 5.97 Å². The Morgan fingerprint density at radius 3 is 1.96 bits per heavy atom. The van der Waals surface area contributed by atoms with Crippen LogP contribution in [0.5, 0.6) is 5.75 Å². The lowest BCUT2D eigenvalue weighted by atomic mass is 9.78. The number of carboxylic acid groups (broad SMARTS) is 1. The molecule has 0 aliphatic carbocycles. The Balaban J connectivity index is 2.21. The van der Waals surface area contributed by atoms with Gasteiger partial charge in [0, 0.05) is 11.3 Å². The number of hydrogen-bond acceptors (Lipinski definition) is 2. The summed E-state index contributed by atoms with van der Waals surface area (Å²) >= 11 is 0. The van der Waals surface area contributed by atoms with E-state index in [0.717, 1.165) is 5.56 Å². The number of carbonyl (C=O) groups is 1. The molecule has 122 valence electrons. The summed E-state index contributed by atoms with van der Waals surface area (Å²) in [5, 5.41) is 9.21. The molecule has 0 bridgehead atoms. The van der Waals surface area contributed by atoms with Crippen molar-refractivity contribution < 1.29 is 14.6 Å². The molecule has 0 saturated carbocycles. The minimum absolute atomic E-state index is 0.0899. The Bertz CT molecular complexity index is 642. The first-order chi connectivity index (χ1) is 10.8. The number of hydrogen-bond donors (Lipinski definition) is 1. The molecule has 0 aliphatic rings. The van der Waals surface area contributed by atoms with Crippen molar-refractivity contribution in [1.82, 2.24) is 0 Å². The third-order valence-electron chi connectivity index (χ3n) is 4.18. The lowest BCUT2D eigenvalue weighted by molar-refractivity contribution is -0.147. The van der Waals surface area contributed by atoms with Crippen LogP contribution in [-0.2, 0) is 10.2 Å². The van der Waals surface area contributed by atoms with Gasteiger partial charge in [-0.05, 0) is 23.3 Å². The maximum Gasteiger partial charge on any atom is 0.345 e. The first-order valence-electron chi connectivity index (χ1n) is 7.88. The molecule has 2 rings (SSSR count). The molecule has 0 fully saturated rings. The van der Waals surface area contributed by atoms with Crippen LogP contribution in [0.2, 0.25) is 0 Å². The maximum atomic E-state index is 11.2. The predicted octanol–water partition coefficient (Wildman–Crippen LogP) is 4.50. The highest BCUT2D eigenvalue weighted by molar-refractivity contribution is 5.73. The summed E-state index contributed by atoms with van der Waals surface area (Å²) in [6.45, 7) is 8.02. The standard InChI is InChI=1S/C20H24O3/c1-14(2)18(19(21)22)23-17-12-10-16(11-13-17)20(3,4)15-8-6-5-7-9-15/h5-14,18H,1-4H3,(H,21,22). The van der Waals surface area contributed by atoms with E-state index in [1.165, 1.54) is 5.56 Å². The molecule has 1 unspecified atom stereocenters. The van der Waals surface area contributed by atoms with Gasteiger partial charge in [0.15, 0.2) is 6.10 Å². The van der Waals surface area contributed by atoms with Crippen LogP contribution in [0.15, 0.2) is 54.6 Å². The number of aliphatic carboxylic acids is 1. The first kappa shape index (κ1) is 17.1. The van der Waals surface area contributed by atoms with E-state index in [-0.39, 0.29) is 11.3 Å². The van der Waals surface area contributed by atoms with Crippen molar-refractivity contribution in [1.29, 1.82) is 0 Å². The second kappa shape index (κ2) is 6.86. The fourth-order valence-corrected chi connectivity index (χ4v) is 2.59. The fraction of sp³-hybridized carbons (Fsp3) is 0.350. The third kappa shape index (κ3) is 3.92. The van der Waals surface area contributed by atoms with Crippen molar-refractivity contribution in [3.05, 3.63) is 65.7 Å². The Morgan fingerprint density at radius 2 is 1.48 bits per heavy atom. The molecule has 3 nitrogen and oxygen atoms in total. The summed E-state index contributed by atoms with van der Waals surface area (Å²) in [5.74, 6) is -0.444. The molecule has 0 saturated heterocycles. The van der Waals surface area contributed by atoms with Crippen molar-refractivity contribution in [2.24, 2.45) is 5.92 Å². The zero-order valence-electron chi connectivity index (χ0n) is 14.1. The molecule has 0 aromatic heterocycles. The molecule has 1 N–H and O–H groups in total. The van der Waals surface area contributed by atoms with Gasteiger partial charge in [-0.2, -0.15) is 0 Å². The van der Waals surface area contributed by atoms with Crippen LogP contribution in [0.1, 0.15) is 38.8 Å². The average Bonchev–Trinajstić information content (AvgIpc) is 2.53. The highest BCUT2D eigenvalue weighted by Gasteiger charge is 2.25. The Labute approximate surface area is 137 Å². The summed E-state index contributed by atoms with van der Waals surface area (Å²) in [6.07, 6.45) is -0.831. The third-order valence-corrected chi connectivity index (χ3v) is 4.18. The molecular weight excluding hydrogens is 288 g/mol. The minimum atomic E-state index is -0.936. The molecular formula is C20H24O3. The van der Waals surface area contributed by atoms with Gasteiger partial charge in [0.2, 0.25) is 0 Å². The van der Waals surface area contributed by atoms with Crippen LogP contribution in [0.25, 0.3) is 0 Å². The zero-order chi connectivity index (χ0) is 17.0. The predicted molar refractivity (Wildman–Crippen MR) is 91.9 cm³/mol. The molecule has 23 heavy (non-hydrogen) atoms. The first-order valence-corrected chi connectivity index (χ1v) is 7.88. The fourth-order valence-electron chi connectivity index (χ4n) is 2.59. The SMILES string of the molecule is CC(C)C(Oc1ccc(C(C)(C)c2ccccc2)cc1)C(=O)O. The van der Waals surface area contributed by atoms with Crippen LogP contribution in [0.3, 0.4) is 0 Å². The second-order valence-electron chi connectivity index (χ2n) is 6.64. The molecule has 1 atom stereocenters. The van der Waals surface area contributed by atoms with Crippen molar-refractivity contribution in [2.75, 3.05) is 0 Å². The number of rotatable bonds is 6. The number of benzene rings is 2.